The summed E-state index contributed by atoms with van der Waals surface area (Å²) < 4.78 is 64.9. The van der Waals surface area contributed by atoms with Gasteiger partial charge in [-0.2, -0.15) is 13.2 Å². The molecule has 0 aromatic heterocycles. The zero-order chi connectivity index (χ0) is 24.4. The third-order valence-electron chi connectivity index (χ3n) is 5.08. The normalized spacial score (nSPS) is 11.8. The molecule has 0 fully saturated rings. The van der Waals surface area contributed by atoms with Gasteiger partial charge in [0, 0.05) is 11.3 Å². The second-order valence-corrected chi connectivity index (χ2v) is 9.65. The molecule has 33 heavy (non-hydrogen) atoms. The number of carbonyl (C=O) groups excluding carboxylic acids is 1. The van der Waals surface area contributed by atoms with Crippen LogP contribution < -0.4 is 9.62 Å². The lowest BCUT2D eigenvalue weighted by molar-refractivity contribution is -0.137. The van der Waals surface area contributed by atoms with Crippen LogP contribution in [0.4, 0.5) is 24.5 Å². The van der Waals surface area contributed by atoms with Crippen molar-refractivity contribution >= 4 is 27.3 Å². The number of nitrogens with one attached hydrogen (secondary N) is 1. The molecule has 0 bridgehead atoms. The summed E-state index contributed by atoms with van der Waals surface area (Å²) in [6, 6.07) is 16.1. The minimum absolute atomic E-state index is 0.0252. The van der Waals surface area contributed by atoms with E-state index in [1.807, 2.05) is 32.0 Å². The Morgan fingerprint density at radius 1 is 0.939 bits per heavy atom. The van der Waals surface area contributed by atoms with Crippen molar-refractivity contribution in [2.45, 2.75) is 26.6 Å². The highest BCUT2D eigenvalue weighted by atomic mass is 32.2. The van der Waals surface area contributed by atoms with Gasteiger partial charge < -0.3 is 5.32 Å². The van der Waals surface area contributed by atoms with Crippen molar-refractivity contribution in [3.05, 3.63) is 94.5 Å². The van der Waals surface area contributed by atoms with E-state index >= 15 is 0 Å². The summed E-state index contributed by atoms with van der Waals surface area (Å²) in [4.78, 5) is 12.5. The highest BCUT2D eigenvalue weighted by Gasteiger charge is 2.30. The lowest BCUT2D eigenvalue weighted by atomic mass is 10.1. The number of anilines is 2. The van der Waals surface area contributed by atoms with Gasteiger partial charge in [0.25, 0.3) is 5.91 Å². The molecule has 0 aliphatic rings. The van der Waals surface area contributed by atoms with Gasteiger partial charge >= 0.3 is 6.18 Å². The van der Waals surface area contributed by atoms with E-state index in [4.69, 9.17) is 0 Å². The molecule has 0 aliphatic carbocycles. The van der Waals surface area contributed by atoms with Crippen LogP contribution >= 0.6 is 0 Å². The Labute approximate surface area is 190 Å². The maximum Gasteiger partial charge on any atom is 0.416 e. The molecule has 3 rings (SSSR count). The summed E-state index contributed by atoms with van der Waals surface area (Å²) in [7, 11) is -3.58. The van der Waals surface area contributed by atoms with Crippen LogP contribution in [0.1, 0.15) is 32.6 Å². The predicted molar refractivity (Wildman–Crippen MR) is 123 cm³/mol. The molecule has 0 spiro atoms. The van der Waals surface area contributed by atoms with E-state index in [0.29, 0.717) is 11.3 Å². The molecule has 5 nitrogen and oxygen atoms in total. The third-order valence-corrected chi connectivity index (χ3v) is 6.19. The standard InChI is InChI=1S/C24H23F3N2O3S/c1-16-6-4-7-17(2)22(16)29(33(3,31)32)15-18-10-12-19(13-11-18)23(30)28-21-9-5-8-20(14-21)24(25,26)27/h4-14H,15H2,1-3H3,(H,28,30). The second-order valence-electron chi connectivity index (χ2n) is 7.74. The Balaban J connectivity index is 1.80. The van der Waals surface area contributed by atoms with Gasteiger partial charge in [-0.15, -0.1) is 0 Å². The van der Waals surface area contributed by atoms with Crippen LogP contribution in [0.3, 0.4) is 0 Å². The first-order valence-corrected chi connectivity index (χ1v) is 11.8. The van der Waals surface area contributed by atoms with Crippen LogP contribution in [0.2, 0.25) is 0 Å². The summed E-state index contributed by atoms with van der Waals surface area (Å²) in [5.74, 6) is -0.574. The maximum absolute atomic E-state index is 12.9. The monoisotopic (exact) mass is 476 g/mol. The zero-order valence-electron chi connectivity index (χ0n) is 18.3. The molecular formula is C24H23F3N2O3S. The quantitative estimate of drug-likeness (QED) is 0.508. The van der Waals surface area contributed by atoms with Gasteiger partial charge in [0.05, 0.1) is 24.1 Å². The van der Waals surface area contributed by atoms with Crippen molar-refractivity contribution in [1.29, 1.82) is 0 Å². The molecule has 174 valence electrons. The van der Waals surface area contributed by atoms with Gasteiger partial charge in [0.15, 0.2) is 0 Å². The van der Waals surface area contributed by atoms with E-state index in [0.717, 1.165) is 29.5 Å². The first kappa shape index (κ1) is 24.3. The third kappa shape index (κ3) is 5.92. The molecule has 1 N–H and O–H groups in total. The molecule has 0 atom stereocenters. The fourth-order valence-corrected chi connectivity index (χ4v) is 4.47. The molecule has 0 saturated heterocycles. The van der Waals surface area contributed by atoms with Crippen LogP contribution in [-0.4, -0.2) is 20.6 Å². The first-order chi connectivity index (χ1) is 15.4. The largest absolute Gasteiger partial charge is 0.416 e. The molecule has 9 heteroatoms. The van der Waals surface area contributed by atoms with Crippen molar-refractivity contribution in [2.24, 2.45) is 0 Å². The number of rotatable bonds is 6. The highest BCUT2D eigenvalue weighted by molar-refractivity contribution is 7.92. The number of sulfonamides is 1. The molecule has 1 amide bonds. The van der Waals surface area contributed by atoms with Gasteiger partial charge in [-0.1, -0.05) is 36.4 Å². The van der Waals surface area contributed by atoms with Crippen LogP contribution in [0, 0.1) is 13.8 Å². The second kappa shape index (κ2) is 9.27. The minimum Gasteiger partial charge on any atom is -0.322 e. The first-order valence-electron chi connectivity index (χ1n) is 9.98. The smallest absolute Gasteiger partial charge is 0.322 e. The molecule has 3 aromatic carbocycles. The van der Waals surface area contributed by atoms with E-state index in [2.05, 4.69) is 5.32 Å². The van der Waals surface area contributed by atoms with Gasteiger partial charge in [-0.25, -0.2) is 8.42 Å². The molecule has 3 aromatic rings. The van der Waals surface area contributed by atoms with Crippen molar-refractivity contribution in [3.8, 4) is 0 Å². The van der Waals surface area contributed by atoms with Crippen LogP contribution in [0.5, 0.6) is 0 Å². The topological polar surface area (TPSA) is 66.5 Å². The lowest BCUT2D eigenvalue weighted by Gasteiger charge is -2.26. The Morgan fingerprint density at radius 2 is 1.52 bits per heavy atom. The Hall–Kier alpha value is -3.33. The number of amides is 1. The van der Waals surface area contributed by atoms with Crippen LogP contribution in [0.25, 0.3) is 0 Å². The highest BCUT2D eigenvalue weighted by Crippen LogP contribution is 2.31. The summed E-state index contributed by atoms with van der Waals surface area (Å²) in [6.07, 6.45) is -3.38. The minimum atomic E-state index is -4.51. The summed E-state index contributed by atoms with van der Waals surface area (Å²) in [5, 5.41) is 2.45. The van der Waals surface area contributed by atoms with Crippen molar-refractivity contribution in [2.75, 3.05) is 15.9 Å². The summed E-state index contributed by atoms with van der Waals surface area (Å²) in [5.41, 5.74) is 2.29. The number of halogens is 3. The fourth-order valence-electron chi connectivity index (χ4n) is 3.47. The number of carbonyl (C=O) groups is 1. The van der Waals surface area contributed by atoms with Crippen molar-refractivity contribution < 1.29 is 26.4 Å². The Bertz CT molecular complexity index is 1250. The van der Waals surface area contributed by atoms with E-state index in [9.17, 15) is 26.4 Å². The van der Waals surface area contributed by atoms with Gasteiger partial charge in [-0.3, -0.25) is 9.10 Å². The number of aryl methyl sites for hydroxylation is 2. The average Bonchev–Trinajstić information content (AvgIpc) is 2.72. The number of alkyl halides is 3. The van der Waals surface area contributed by atoms with Crippen LogP contribution in [-0.2, 0) is 22.7 Å². The van der Waals surface area contributed by atoms with Gasteiger partial charge in [-0.05, 0) is 60.9 Å². The average molecular weight is 477 g/mol. The van der Waals surface area contributed by atoms with E-state index in [-0.39, 0.29) is 17.8 Å². The summed E-state index contributed by atoms with van der Waals surface area (Å²) >= 11 is 0. The Morgan fingerprint density at radius 3 is 2.06 bits per heavy atom. The van der Waals surface area contributed by atoms with E-state index in [1.165, 1.54) is 28.6 Å². The fraction of sp³-hybridized carbons (Fsp3) is 0.208. The van der Waals surface area contributed by atoms with E-state index < -0.39 is 27.7 Å². The zero-order valence-corrected chi connectivity index (χ0v) is 19.1. The molecule has 0 unspecified atom stereocenters. The molecule has 0 aliphatic heterocycles. The van der Waals surface area contributed by atoms with Gasteiger partial charge in [0.2, 0.25) is 10.0 Å². The summed E-state index contributed by atoms with van der Waals surface area (Å²) in [6.45, 7) is 3.74. The Kier molecular flexibility index (Phi) is 6.83. The number of hydrogen-bond donors (Lipinski definition) is 1. The van der Waals surface area contributed by atoms with Crippen molar-refractivity contribution in [3.63, 3.8) is 0 Å². The van der Waals surface area contributed by atoms with E-state index in [1.54, 1.807) is 12.1 Å². The van der Waals surface area contributed by atoms with Crippen molar-refractivity contribution in [1.82, 2.24) is 0 Å². The SMILES string of the molecule is Cc1cccc(C)c1N(Cc1ccc(C(=O)Nc2cccc(C(F)(F)F)c2)cc1)S(C)(=O)=O. The predicted octanol–water partition coefficient (Wildman–Crippen LogP) is 5.54. The molecule has 0 radical (unpaired) electrons. The molecule has 0 heterocycles. The molecular weight excluding hydrogens is 453 g/mol. The number of para-hydroxylation sites is 1. The van der Waals surface area contributed by atoms with Crippen LogP contribution in [0.15, 0.2) is 66.7 Å². The number of nitrogens with zero attached hydrogens (tertiary/aromatic N) is 1. The lowest BCUT2D eigenvalue weighted by Crippen LogP contribution is -2.30. The maximum atomic E-state index is 12.9. The molecule has 0 saturated carbocycles. The van der Waals surface area contributed by atoms with Gasteiger partial charge in [0.1, 0.15) is 0 Å². The number of hydrogen-bond acceptors (Lipinski definition) is 3. The number of benzene rings is 3.